The highest BCUT2D eigenvalue weighted by Gasteiger charge is 2.13. The fourth-order valence-corrected chi connectivity index (χ4v) is 4.68. The van der Waals surface area contributed by atoms with Crippen molar-refractivity contribution in [1.82, 2.24) is 0 Å². The quantitative estimate of drug-likeness (QED) is 0.269. The van der Waals surface area contributed by atoms with Gasteiger partial charge in [-0.25, -0.2) is 0 Å². The lowest BCUT2D eigenvalue weighted by Crippen LogP contribution is -2.18. The molecular weight excluding hydrogens is 288 g/mol. The highest BCUT2D eigenvalue weighted by atomic mass is 32.2. The van der Waals surface area contributed by atoms with Gasteiger partial charge in [0.05, 0.1) is 6.10 Å². The Morgan fingerprint density at radius 2 is 1.50 bits per heavy atom. The normalized spacial score (nSPS) is 20.2. The van der Waals surface area contributed by atoms with E-state index in [0.717, 1.165) is 6.61 Å². The molecule has 1 radical (unpaired) electrons. The maximum absolute atomic E-state index is 5.79. The molecule has 0 aromatic carbocycles. The molecule has 0 spiro atoms. The van der Waals surface area contributed by atoms with Gasteiger partial charge >= 0.3 is 0 Å². The number of hydrogen-bond acceptors (Lipinski definition) is 1. The smallest absolute Gasteiger partial charge is 0.152 e. The van der Waals surface area contributed by atoms with Gasteiger partial charge in [-0.3, -0.25) is 0 Å². The molecule has 0 bridgehead atoms. The van der Waals surface area contributed by atoms with Crippen molar-refractivity contribution >= 4 is 10.9 Å². The number of rotatable bonds is 14. The second kappa shape index (κ2) is 14.9. The molecule has 2 atom stereocenters. The van der Waals surface area contributed by atoms with E-state index in [9.17, 15) is 0 Å². The van der Waals surface area contributed by atoms with Crippen molar-refractivity contribution in [3.8, 4) is 0 Å². The molecule has 2 unspecified atom stereocenters. The van der Waals surface area contributed by atoms with Gasteiger partial charge in [0.2, 0.25) is 0 Å². The summed E-state index contributed by atoms with van der Waals surface area (Å²) in [5, 5.41) is 0. The van der Waals surface area contributed by atoms with E-state index in [0.29, 0.717) is 17.0 Å². The van der Waals surface area contributed by atoms with Gasteiger partial charge < -0.3 is 4.74 Å². The van der Waals surface area contributed by atoms with Crippen LogP contribution >= 0.6 is 0 Å². The van der Waals surface area contributed by atoms with Gasteiger partial charge in [0.15, 0.2) is 6.26 Å². The van der Waals surface area contributed by atoms with E-state index in [2.05, 4.69) is 13.2 Å². The summed E-state index contributed by atoms with van der Waals surface area (Å²) < 4.78 is 5.79. The Labute approximate surface area is 143 Å². The Bertz CT molecular complexity index is 226. The summed E-state index contributed by atoms with van der Waals surface area (Å²) in [4.78, 5) is 0. The van der Waals surface area contributed by atoms with E-state index in [1.54, 1.807) is 0 Å². The summed E-state index contributed by atoms with van der Waals surface area (Å²) in [6.45, 7) is 3.29. The molecule has 1 nitrogen and oxygen atoms in total. The lowest BCUT2D eigenvalue weighted by atomic mass is 10.0. The molecule has 22 heavy (non-hydrogen) atoms. The van der Waals surface area contributed by atoms with Crippen LogP contribution in [0.5, 0.6) is 0 Å². The molecular formula is C20H40OS+. The average molecular weight is 329 g/mol. The molecule has 1 saturated heterocycles. The van der Waals surface area contributed by atoms with Gasteiger partial charge in [0.1, 0.15) is 11.5 Å². The number of hydrogen-bond donors (Lipinski definition) is 0. The van der Waals surface area contributed by atoms with Gasteiger partial charge in [0, 0.05) is 6.61 Å². The zero-order valence-corrected chi connectivity index (χ0v) is 15.9. The lowest BCUT2D eigenvalue weighted by molar-refractivity contribution is 0.00979. The molecule has 0 aromatic rings. The molecule has 0 aromatic heterocycles. The van der Waals surface area contributed by atoms with E-state index in [1.807, 2.05) is 0 Å². The van der Waals surface area contributed by atoms with E-state index >= 15 is 0 Å². The standard InChI is InChI=1S/C20H40OS/c1-3-4-5-6-8-13-18-22(2)19-14-9-7-10-15-20-16-11-12-17-21-20/h20H,2-19H2,1H3/q+1. The Balaban J connectivity index is 1.79. The Kier molecular flexibility index (Phi) is 13.8. The Hall–Kier alpha value is 0.310. The van der Waals surface area contributed by atoms with Crippen LogP contribution in [0.3, 0.4) is 0 Å². The van der Waals surface area contributed by atoms with Crippen LogP contribution < -0.4 is 0 Å². The molecule has 1 fully saturated rings. The van der Waals surface area contributed by atoms with Crippen LogP contribution in [-0.4, -0.2) is 24.2 Å². The molecule has 2 heteroatoms. The van der Waals surface area contributed by atoms with Crippen molar-refractivity contribution in [1.29, 1.82) is 0 Å². The van der Waals surface area contributed by atoms with Crippen LogP contribution in [0.25, 0.3) is 0 Å². The van der Waals surface area contributed by atoms with Crippen LogP contribution in [0.2, 0.25) is 0 Å². The topological polar surface area (TPSA) is 9.23 Å². The van der Waals surface area contributed by atoms with Crippen molar-refractivity contribution in [2.45, 2.75) is 103 Å². The van der Waals surface area contributed by atoms with Crippen LogP contribution in [-0.2, 0) is 15.6 Å². The Morgan fingerprint density at radius 1 is 0.864 bits per heavy atom. The van der Waals surface area contributed by atoms with E-state index in [1.165, 1.54) is 101 Å². The third-order valence-electron chi connectivity index (χ3n) is 4.77. The molecule has 1 aliphatic heterocycles. The van der Waals surface area contributed by atoms with Crippen LogP contribution in [0.1, 0.15) is 96.8 Å². The second-order valence-corrected chi connectivity index (χ2v) is 9.02. The first-order valence-corrected chi connectivity index (χ1v) is 11.6. The van der Waals surface area contributed by atoms with Crippen molar-refractivity contribution in [2.24, 2.45) is 0 Å². The summed E-state index contributed by atoms with van der Waals surface area (Å²) in [6, 6.07) is 0. The van der Waals surface area contributed by atoms with Crippen molar-refractivity contribution < 1.29 is 4.74 Å². The zero-order valence-electron chi connectivity index (χ0n) is 15.1. The molecule has 0 amide bonds. The van der Waals surface area contributed by atoms with E-state index in [-0.39, 0.29) is 0 Å². The SMILES string of the molecule is [CH2][S+](CCCCCCCC)CCCCCCC1CCCCO1. The number of ether oxygens (including phenoxy) is 1. The first kappa shape index (κ1) is 20.4. The molecule has 1 heterocycles. The van der Waals surface area contributed by atoms with Gasteiger partial charge in [-0.1, -0.05) is 45.4 Å². The molecule has 0 saturated carbocycles. The molecule has 1 aliphatic rings. The average Bonchev–Trinajstić information content (AvgIpc) is 2.55. The van der Waals surface area contributed by atoms with Crippen molar-refractivity contribution in [3.05, 3.63) is 6.26 Å². The second-order valence-electron chi connectivity index (χ2n) is 6.98. The third-order valence-corrected chi connectivity index (χ3v) is 6.50. The van der Waals surface area contributed by atoms with Crippen LogP contribution in [0.15, 0.2) is 0 Å². The minimum Gasteiger partial charge on any atom is -0.378 e. The highest BCUT2D eigenvalue weighted by Crippen LogP contribution is 2.18. The van der Waals surface area contributed by atoms with Gasteiger partial charge in [0.25, 0.3) is 0 Å². The number of unbranched alkanes of at least 4 members (excludes halogenated alkanes) is 8. The monoisotopic (exact) mass is 328 g/mol. The molecule has 0 aliphatic carbocycles. The maximum atomic E-state index is 5.79. The van der Waals surface area contributed by atoms with Crippen molar-refractivity contribution in [2.75, 3.05) is 18.1 Å². The summed E-state index contributed by atoms with van der Waals surface area (Å²) in [7, 11) is 0.438. The minimum atomic E-state index is 0.438. The van der Waals surface area contributed by atoms with Gasteiger partial charge in [-0.05, 0) is 62.3 Å². The van der Waals surface area contributed by atoms with Crippen LogP contribution in [0.4, 0.5) is 0 Å². The third kappa shape index (κ3) is 11.8. The largest absolute Gasteiger partial charge is 0.378 e. The zero-order chi connectivity index (χ0) is 15.9. The highest BCUT2D eigenvalue weighted by molar-refractivity contribution is 7.97. The first-order valence-electron chi connectivity index (χ1n) is 9.91. The van der Waals surface area contributed by atoms with E-state index in [4.69, 9.17) is 4.74 Å². The summed E-state index contributed by atoms with van der Waals surface area (Å²) in [5.41, 5.74) is 0. The van der Waals surface area contributed by atoms with Crippen LogP contribution in [0, 0.1) is 6.26 Å². The summed E-state index contributed by atoms with van der Waals surface area (Å²) in [5.74, 6) is 2.75. The summed E-state index contributed by atoms with van der Waals surface area (Å²) >= 11 is 0. The van der Waals surface area contributed by atoms with Gasteiger partial charge in [-0.2, -0.15) is 0 Å². The fraction of sp³-hybridized carbons (Fsp3) is 0.950. The first-order chi connectivity index (χ1) is 10.8. The molecule has 131 valence electrons. The summed E-state index contributed by atoms with van der Waals surface area (Å²) in [6.07, 6.45) is 24.3. The predicted molar refractivity (Wildman–Crippen MR) is 103 cm³/mol. The van der Waals surface area contributed by atoms with Crippen molar-refractivity contribution in [3.63, 3.8) is 0 Å². The predicted octanol–water partition coefficient (Wildman–Crippen LogP) is 6.28. The minimum absolute atomic E-state index is 0.438. The molecule has 0 N–H and O–H groups in total. The maximum Gasteiger partial charge on any atom is 0.152 e. The lowest BCUT2D eigenvalue weighted by Gasteiger charge is -2.22. The Morgan fingerprint density at radius 3 is 2.14 bits per heavy atom. The molecule has 1 rings (SSSR count). The fourth-order valence-electron chi connectivity index (χ4n) is 3.26. The van der Waals surface area contributed by atoms with Gasteiger partial charge in [-0.15, -0.1) is 0 Å². The van der Waals surface area contributed by atoms with E-state index < -0.39 is 0 Å².